The highest BCUT2D eigenvalue weighted by molar-refractivity contribution is 7.94. The van der Waals surface area contributed by atoms with Gasteiger partial charge < -0.3 is 14.6 Å². The van der Waals surface area contributed by atoms with Gasteiger partial charge in [0.25, 0.3) is 17.3 Å². The zero-order valence-electron chi connectivity index (χ0n) is 19.7. The van der Waals surface area contributed by atoms with E-state index in [0.29, 0.717) is 42.1 Å². The van der Waals surface area contributed by atoms with Crippen LogP contribution in [0, 0.1) is 11.3 Å². The lowest BCUT2D eigenvalue weighted by atomic mass is 10.1. The second-order valence-corrected chi connectivity index (χ2v) is 11.9. The van der Waals surface area contributed by atoms with E-state index in [-0.39, 0.29) is 36.4 Å². The quantitative estimate of drug-likeness (QED) is 0.464. The molecule has 2 heterocycles. The van der Waals surface area contributed by atoms with Crippen molar-refractivity contribution < 1.29 is 17.9 Å². The van der Waals surface area contributed by atoms with E-state index in [1.807, 2.05) is 6.07 Å². The summed E-state index contributed by atoms with van der Waals surface area (Å²) in [5.41, 5.74) is 1.12. The number of nitrogens with one attached hydrogen (secondary N) is 1. The summed E-state index contributed by atoms with van der Waals surface area (Å²) in [6.45, 7) is 2.17. The molecule has 0 bridgehead atoms. The van der Waals surface area contributed by atoms with Crippen molar-refractivity contribution in [2.45, 2.75) is 55.7 Å². The maximum Gasteiger partial charge on any atom is 0.264 e. The SMILES string of the molecule is CCn1c(=O)c(C(=O)NCc2ccc(C#N)cc2)cc2cnnc(OCC3(S(=O)(=O)C4CC4)CC3)c21. The van der Waals surface area contributed by atoms with E-state index in [0.717, 1.165) is 5.56 Å². The number of pyridine rings is 1. The van der Waals surface area contributed by atoms with Crippen LogP contribution in [0.3, 0.4) is 0 Å². The molecule has 186 valence electrons. The van der Waals surface area contributed by atoms with Crippen LogP contribution >= 0.6 is 0 Å². The predicted molar refractivity (Wildman–Crippen MR) is 131 cm³/mol. The summed E-state index contributed by atoms with van der Waals surface area (Å²) >= 11 is 0. The Balaban J connectivity index is 1.40. The number of aromatic nitrogens is 3. The summed E-state index contributed by atoms with van der Waals surface area (Å²) in [4.78, 5) is 26.1. The largest absolute Gasteiger partial charge is 0.473 e. The molecular weight excluding hydrogens is 482 g/mol. The maximum atomic E-state index is 13.2. The Hall–Kier alpha value is -3.78. The molecule has 36 heavy (non-hydrogen) atoms. The number of fused-ring (bicyclic) bond motifs is 1. The minimum atomic E-state index is -3.26. The molecule has 2 aliphatic rings. The molecule has 2 aliphatic carbocycles. The number of ether oxygens (including phenoxy) is 1. The molecule has 0 spiro atoms. The Morgan fingerprint density at radius 1 is 1.28 bits per heavy atom. The fraction of sp³-hybridized carbons (Fsp3) is 0.400. The van der Waals surface area contributed by atoms with Gasteiger partial charge in [-0.25, -0.2) is 8.42 Å². The molecule has 2 aromatic heterocycles. The number of carbonyl (C=O) groups is 1. The Morgan fingerprint density at radius 2 is 2.00 bits per heavy atom. The number of hydrogen-bond acceptors (Lipinski definition) is 8. The predicted octanol–water partition coefficient (Wildman–Crippen LogP) is 2.10. The molecule has 2 saturated carbocycles. The van der Waals surface area contributed by atoms with Gasteiger partial charge in [-0.1, -0.05) is 12.1 Å². The minimum Gasteiger partial charge on any atom is -0.473 e. The highest BCUT2D eigenvalue weighted by atomic mass is 32.2. The molecule has 2 fully saturated rings. The van der Waals surface area contributed by atoms with Gasteiger partial charge in [-0.2, -0.15) is 10.4 Å². The number of rotatable bonds is 9. The topological polar surface area (TPSA) is 144 Å². The van der Waals surface area contributed by atoms with Crippen LogP contribution in [0.2, 0.25) is 0 Å². The van der Waals surface area contributed by atoms with Gasteiger partial charge in [-0.15, -0.1) is 5.10 Å². The van der Waals surface area contributed by atoms with Crippen LogP contribution in [-0.2, 0) is 22.9 Å². The molecular formula is C25H25N5O5S. The van der Waals surface area contributed by atoms with E-state index in [1.165, 1.54) is 16.8 Å². The molecule has 1 amide bonds. The van der Waals surface area contributed by atoms with E-state index in [4.69, 9.17) is 10.00 Å². The highest BCUT2D eigenvalue weighted by Gasteiger charge is 2.60. The summed E-state index contributed by atoms with van der Waals surface area (Å²) in [5, 5.41) is 19.9. The lowest BCUT2D eigenvalue weighted by Crippen LogP contribution is -2.34. The molecule has 1 N–H and O–H groups in total. The highest BCUT2D eigenvalue weighted by Crippen LogP contribution is 2.50. The Bertz CT molecular complexity index is 1550. The van der Waals surface area contributed by atoms with Gasteiger partial charge in [-0.05, 0) is 56.4 Å². The summed E-state index contributed by atoms with van der Waals surface area (Å²) in [7, 11) is -3.26. The third-order valence-corrected chi connectivity index (χ3v) is 9.89. The second kappa shape index (κ2) is 9.02. The van der Waals surface area contributed by atoms with Crippen molar-refractivity contribution in [2.75, 3.05) is 6.61 Å². The zero-order chi connectivity index (χ0) is 25.5. The van der Waals surface area contributed by atoms with Gasteiger partial charge in [0.1, 0.15) is 22.4 Å². The van der Waals surface area contributed by atoms with Crippen molar-refractivity contribution in [1.82, 2.24) is 20.1 Å². The summed E-state index contributed by atoms with van der Waals surface area (Å²) in [6, 6.07) is 10.3. The lowest BCUT2D eigenvalue weighted by molar-refractivity contribution is 0.0949. The minimum absolute atomic E-state index is 0.0373. The van der Waals surface area contributed by atoms with Crippen LogP contribution in [0.1, 0.15) is 54.1 Å². The molecule has 0 aliphatic heterocycles. The molecule has 10 nitrogen and oxygen atoms in total. The van der Waals surface area contributed by atoms with Crippen LogP contribution in [-0.4, -0.2) is 45.7 Å². The molecule has 0 radical (unpaired) electrons. The molecule has 11 heteroatoms. The van der Waals surface area contributed by atoms with Crippen molar-refractivity contribution in [3.63, 3.8) is 0 Å². The average Bonchev–Trinajstić information content (AvgIpc) is 3.80. The van der Waals surface area contributed by atoms with E-state index in [2.05, 4.69) is 15.5 Å². The van der Waals surface area contributed by atoms with Crippen molar-refractivity contribution in [3.8, 4) is 11.9 Å². The average molecular weight is 508 g/mol. The number of amides is 1. The fourth-order valence-corrected chi connectivity index (χ4v) is 6.69. The summed E-state index contributed by atoms with van der Waals surface area (Å²) < 4.78 is 32.1. The first-order valence-corrected chi connectivity index (χ1v) is 13.4. The summed E-state index contributed by atoms with van der Waals surface area (Å²) in [5.74, 6) is -0.464. The van der Waals surface area contributed by atoms with Gasteiger partial charge in [0.2, 0.25) is 0 Å². The number of carbonyl (C=O) groups excluding carboxylic acids is 1. The lowest BCUT2D eigenvalue weighted by Gasteiger charge is -2.18. The van der Waals surface area contributed by atoms with Gasteiger partial charge in [0, 0.05) is 18.5 Å². The number of benzene rings is 1. The molecule has 0 saturated heterocycles. The first-order valence-electron chi connectivity index (χ1n) is 11.8. The Morgan fingerprint density at radius 3 is 2.61 bits per heavy atom. The van der Waals surface area contributed by atoms with Crippen LogP contribution in [0.15, 0.2) is 41.3 Å². The number of nitrogens with zero attached hydrogens (tertiary/aromatic N) is 4. The van der Waals surface area contributed by atoms with Crippen LogP contribution in [0.5, 0.6) is 5.88 Å². The number of hydrogen-bond donors (Lipinski definition) is 1. The molecule has 5 rings (SSSR count). The third kappa shape index (κ3) is 4.22. The Kier molecular flexibility index (Phi) is 6.00. The second-order valence-electron chi connectivity index (χ2n) is 9.27. The van der Waals surface area contributed by atoms with E-state index < -0.39 is 26.1 Å². The van der Waals surface area contributed by atoms with Crippen LogP contribution in [0.25, 0.3) is 10.9 Å². The van der Waals surface area contributed by atoms with E-state index in [9.17, 15) is 18.0 Å². The fourth-order valence-electron chi connectivity index (χ4n) is 4.34. The first kappa shape index (κ1) is 23.9. The molecule has 1 aromatic carbocycles. The maximum absolute atomic E-state index is 13.2. The monoisotopic (exact) mass is 507 g/mol. The standard InChI is InChI=1S/C25H25N5O5S/c1-2-30-21-18(11-20(24(30)32)22(31)27-13-17-5-3-16(12-26)4-6-17)14-28-29-23(21)35-15-25(9-10-25)36(33,34)19-7-8-19/h3-6,11,14,19H,2,7-10,13,15H2,1H3,(H,27,31). The van der Waals surface area contributed by atoms with Crippen molar-refractivity contribution in [3.05, 3.63) is 63.6 Å². The number of nitriles is 1. The smallest absolute Gasteiger partial charge is 0.264 e. The van der Waals surface area contributed by atoms with Crippen LogP contribution < -0.4 is 15.6 Å². The van der Waals surface area contributed by atoms with Crippen LogP contribution in [0.4, 0.5) is 0 Å². The normalized spacial score (nSPS) is 16.3. The van der Waals surface area contributed by atoms with Crippen molar-refractivity contribution in [2.24, 2.45) is 0 Å². The van der Waals surface area contributed by atoms with Gasteiger partial charge in [-0.3, -0.25) is 9.59 Å². The van der Waals surface area contributed by atoms with Crippen molar-refractivity contribution in [1.29, 1.82) is 5.26 Å². The van der Waals surface area contributed by atoms with E-state index >= 15 is 0 Å². The third-order valence-electron chi connectivity index (χ3n) is 6.81. The van der Waals surface area contributed by atoms with Gasteiger partial charge in [0.15, 0.2) is 9.84 Å². The molecule has 0 atom stereocenters. The number of aryl methyl sites for hydroxylation is 1. The van der Waals surface area contributed by atoms with Gasteiger partial charge >= 0.3 is 0 Å². The zero-order valence-corrected chi connectivity index (χ0v) is 20.5. The van der Waals surface area contributed by atoms with Crippen molar-refractivity contribution >= 4 is 26.6 Å². The molecule has 3 aromatic rings. The molecule has 0 unspecified atom stereocenters. The Labute approximate surface area is 207 Å². The summed E-state index contributed by atoms with van der Waals surface area (Å²) in [6.07, 6.45) is 3.94. The van der Waals surface area contributed by atoms with Gasteiger partial charge in [0.05, 0.1) is 23.1 Å². The first-order chi connectivity index (χ1) is 17.3. The van der Waals surface area contributed by atoms with E-state index in [1.54, 1.807) is 31.2 Å². The number of sulfone groups is 1.